The van der Waals surface area contributed by atoms with Crippen molar-refractivity contribution in [3.8, 4) is 5.75 Å². The third kappa shape index (κ3) is 6.20. The monoisotopic (exact) mass is 424 g/mol. The second-order valence-corrected chi connectivity index (χ2v) is 9.26. The smallest absolute Gasteiger partial charge is 0.200 e. The fraction of sp³-hybridized carbons (Fsp3) is 0.680. The van der Waals surface area contributed by atoms with Crippen molar-refractivity contribution >= 4 is 11.6 Å². The van der Waals surface area contributed by atoms with Gasteiger partial charge in [-0.25, -0.2) is 4.39 Å². The first-order valence-electron chi connectivity index (χ1n) is 11.5. The molecule has 0 heterocycles. The SMILES string of the molecule is CCCOc1ccc(CCC2CCC(C3CCC(C=CCl)CC3)CC2)c(F)c1F. The van der Waals surface area contributed by atoms with Crippen LogP contribution >= 0.6 is 11.6 Å². The van der Waals surface area contributed by atoms with Crippen LogP contribution in [0.15, 0.2) is 23.7 Å². The number of halogens is 3. The third-order valence-electron chi connectivity index (χ3n) is 7.13. The number of rotatable bonds is 8. The molecule has 29 heavy (non-hydrogen) atoms. The molecule has 0 aliphatic heterocycles. The van der Waals surface area contributed by atoms with Crippen LogP contribution in [0.25, 0.3) is 0 Å². The first-order chi connectivity index (χ1) is 14.1. The van der Waals surface area contributed by atoms with Crippen LogP contribution in [0.2, 0.25) is 0 Å². The van der Waals surface area contributed by atoms with Gasteiger partial charge >= 0.3 is 0 Å². The Morgan fingerprint density at radius 3 is 2.24 bits per heavy atom. The Kier molecular flexibility index (Phi) is 8.84. The Morgan fingerprint density at radius 2 is 1.62 bits per heavy atom. The molecule has 0 N–H and O–H groups in total. The number of hydrogen-bond acceptors (Lipinski definition) is 1. The van der Waals surface area contributed by atoms with Crippen molar-refractivity contribution < 1.29 is 13.5 Å². The Balaban J connectivity index is 1.43. The zero-order chi connectivity index (χ0) is 20.6. The van der Waals surface area contributed by atoms with E-state index in [4.69, 9.17) is 16.3 Å². The molecule has 4 heteroatoms. The molecule has 0 unspecified atom stereocenters. The van der Waals surface area contributed by atoms with E-state index in [0.717, 1.165) is 24.7 Å². The highest BCUT2D eigenvalue weighted by molar-refractivity contribution is 6.25. The molecule has 0 bridgehead atoms. The summed E-state index contributed by atoms with van der Waals surface area (Å²) in [6.45, 7) is 2.35. The second-order valence-electron chi connectivity index (χ2n) is 9.01. The van der Waals surface area contributed by atoms with Gasteiger partial charge in [-0.1, -0.05) is 43.5 Å². The lowest BCUT2D eigenvalue weighted by Crippen LogP contribution is -2.25. The first-order valence-corrected chi connectivity index (χ1v) is 11.9. The van der Waals surface area contributed by atoms with Crippen molar-refractivity contribution in [3.63, 3.8) is 0 Å². The summed E-state index contributed by atoms with van der Waals surface area (Å²) in [5.74, 6) is 1.52. The standard InChI is InChI=1S/C25H35ClF2O/c1-2-17-29-23-14-13-22(24(27)25(23)28)12-7-18-3-8-20(9-4-18)21-10-5-19(6-11-21)15-16-26/h13-16,18-21H,2-12,17H2,1H3. The van der Waals surface area contributed by atoms with Crippen LogP contribution in [0.5, 0.6) is 5.75 Å². The van der Waals surface area contributed by atoms with E-state index in [0.29, 0.717) is 30.4 Å². The third-order valence-corrected chi connectivity index (χ3v) is 7.28. The fourth-order valence-electron chi connectivity index (χ4n) is 5.31. The van der Waals surface area contributed by atoms with Crippen molar-refractivity contribution in [1.82, 2.24) is 0 Å². The van der Waals surface area contributed by atoms with E-state index in [-0.39, 0.29) is 5.75 Å². The molecular formula is C25H35ClF2O. The summed E-state index contributed by atoms with van der Waals surface area (Å²) < 4.78 is 33.8. The molecular weight excluding hydrogens is 390 g/mol. The topological polar surface area (TPSA) is 9.23 Å². The lowest BCUT2D eigenvalue weighted by Gasteiger charge is -2.37. The van der Waals surface area contributed by atoms with Crippen molar-refractivity contribution in [2.24, 2.45) is 23.7 Å². The predicted octanol–water partition coefficient (Wildman–Crippen LogP) is 8.05. The second kappa shape index (κ2) is 11.3. The average molecular weight is 425 g/mol. The van der Waals surface area contributed by atoms with E-state index in [1.807, 2.05) is 6.92 Å². The van der Waals surface area contributed by atoms with Crippen LogP contribution in [0, 0.1) is 35.3 Å². The summed E-state index contributed by atoms with van der Waals surface area (Å²) >= 11 is 5.73. The fourth-order valence-corrected chi connectivity index (χ4v) is 5.51. The summed E-state index contributed by atoms with van der Waals surface area (Å²) in [5.41, 5.74) is 2.16. The minimum atomic E-state index is -0.834. The molecule has 1 aromatic carbocycles. The summed E-state index contributed by atoms with van der Waals surface area (Å²) in [6, 6.07) is 3.28. The molecule has 0 radical (unpaired) electrons. The normalized spacial score (nSPS) is 28.0. The van der Waals surface area contributed by atoms with Gasteiger partial charge in [-0.15, -0.1) is 0 Å². The Morgan fingerprint density at radius 1 is 0.966 bits per heavy atom. The van der Waals surface area contributed by atoms with Crippen molar-refractivity contribution in [1.29, 1.82) is 0 Å². The van der Waals surface area contributed by atoms with Gasteiger partial charge < -0.3 is 4.74 Å². The maximum absolute atomic E-state index is 14.4. The Labute approximate surface area is 179 Å². The predicted molar refractivity (Wildman–Crippen MR) is 116 cm³/mol. The molecule has 0 spiro atoms. The average Bonchev–Trinajstić information content (AvgIpc) is 2.75. The minimum Gasteiger partial charge on any atom is -0.490 e. The molecule has 0 atom stereocenters. The van der Waals surface area contributed by atoms with Gasteiger partial charge in [0.1, 0.15) is 0 Å². The van der Waals surface area contributed by atoms with Crippen molar-refractivity contribution in [2.75, 3.05) is 6.61 Å². The van der Waals surface area contributed by atoms with Gasteiger partial charge in [-0.3, -0.25) is 0 Å². The molecule has 2 saturated carbocycles. The first kappa shape index (κ1) is 22.6. The quantitative estimate of drug-likeness (QED) is 0.410. The summed E-state index contributed by atoms with van der Waals surface area (Å²) in [7, 11) is 0. The molecule has 2 fully saturated rings. The number of ether oxygens (including phenoxy) is 1. The largest absolute Gasteiger partial charge is 0.490 e. The highest BCUT2D eigenvalue weighted by Crippen LogP contribution is 2.42. The van der Waals surface area contributed by atoms with Gasteiger partial charge in [0.25, 0.3) is 0 Å². The van der Waals surface area contributed by atoms with Crippen LogP contribution in [0.4, 0.5) is 8.78 Å². The van der Waals surface area contributed by atoms with Crippen molar-refractivity contribution in [2.45, 2.75) is 77.6 Å². The number of aryl methyl sites for hydroxylation is 1. The Hall–Kier alpha value is -1.09. The maximum Gasteiger partial charge on any atom is 0.200 e. The van der Waals surface area contributed by atoms with Crippen LogP contribution in [0.1, 0.15) is 76.7 Å². The number of hydrogen-bond donors (Lipinski definition) is 0. The molecule has 2 aliphatic carbocycles. The van der Waals surface area contributed by atoms with Crippen LogP contribution < -0.4 is 4.74 Å². The van der Waals surface area contributed by atoms with Gasteiger partial charge in [-0.05, 0) is 93.1 Å². The van der Waals surface area contributed by atoms with Gasteiger partial charge in [0, 0.05) is 5.54 Å². The molecule has 1 aromatic rings. The Bertz CT molecular complexity index is 659. The van der Waals surface area contributed by atoms with Gasteiger partial charge in [0.05, 0.1) is 6.61 Å². The lowest BCUT2D eigenvalue weighted by molar-refractivity contribution is 0.152. The summed E-state index contributed by atoms with van der Waals surface area (Å²) in [5, 5.41) is 0. The van der Waals surface area contributed by atoms with E-state index in [1.165, 1.54) is 51.4 Å². The molecule has 3 rings (SSSR count). The van der Waals surface area contributed by atoms with E-state index in [2.05, 4.69) is 6.08 Å². The molecule has 0 aromatic heterocycles. The van der Waals surface area contributed by atoms with Gasteiger partial charge in [0.2, 0.25) is 5.82 Å². The highest BCUT2D eigenvalue weighted by Gasteiger charge is 2.30. The summed E-state index contributed by atoms with van der Waals surface area (Å²) in [6.07, 6.45) is 14.8. The minimum absolute atomic E-state index is 0.0323. The molecule has 0 saturated heterocycles. The van der Waals surface area contributed by atoms with Gasteiger partial charge in [0.15, 0.2) is 11.6 Å². The zero-order valence-corrected chi connectivity index (χ0v) is 18.4. The van der Waals surface area contributed by atoms with E-state index >= 15 is 0 Å². The van der Waals surface area contributed by atoms with Crippen LogP contribution in [-0.2, 0) is 6.42 Å². The molecule has 1 nitrogen and oxygen atoms in total. The summed E-state index contributed by atoms with van der Waals surface area (Å²) in [4.78, 5) is 0. The molecule has 162 valence electrons. The molecule has 0 amide bonds. The number of benzene rings is 1. The zero-order valence-electron chi connectivity index (χ0n) is 17.6. The van der Waals surface area contributed by atoms with E-state index in [1.54, 1.807) is 17.7 Å². The maximum atomic E-state index is 14.4. The van der Waals surface area contributed by atoms with Crippen LogP contribution in [0.3, 0.4) is 0 Å². The van der Waals surface area contributed by atoms with Gasteiger partial charge in [-0.2, -0.15) is 4.39 Å². The van der Waals surface area contributed by atoms with Crippen LogP contribution in [-0.4, -0.2) is 6.61 Å². The highest BCUT2D eigenvalue weighted by atomic mass is 35.5. The number of allylic oxidation sites excluding steroid dienone is 1. The lowest BCUT2D eigenvalue weighted by atomic mass is 9.68. The molecule has 2 aliphatic rings. The van der Waals surface area contributed by atoms with E-state index < -0.39 is 11.6 Å². The van der Waals surface area contributed by atoms with E-state index in [9.17, 15) is 8.78 Å². The van der Waals surface area contributed by atoms with Crippen molar-refractivity contribution in [3.05, 3.63) is 40.9 Å².